The molecule has 0 atom stereocenters. The molecule has 0 N–H and O–H groups in total. The highest BCUT2D eigenvalue weighted by molar-refractivity contribution is 5.96. The van der Waals surface area contributed by atoms with Crippen LogP contribution in [0.4, 0.5) is 10.1 Å². The monoisotopic (exact) mass is 361 g/mol. The van der Waals surface area contributed by atoms with Crippen molar-refractivity contribution in [3.63, 3.8) is 0 Å². The fourth-order valence-corrected chi connectivity index (χ4v) is 3.01. The van der Waals surface area contributed by atoms with Gasteiger partial charge in [0.1, 0.15) is 12.0 Å². The molecule has 9 heteroatoms. The first-order valence-electron chi connectivity index (χ1n) is 8.46. The number of benzene rings is 1. The molecule has 138 valence electrons. The van der Waals surface area contributed by atoms with Gasteiger partial charge in [0, 0.05) is 39.3 Å². The Balaban J connectivity index is 1.63. The first-order valence-corrected chi connectivity index (χ1v) is 8.46. The highest BCUT2D eigenvalue weighted by Gasteiger charge is 2.31. The predicted molar refractivity (Wildman–Crippen MR) is 92.1 cm³/mol. The van der Waals surface area contributed by atoms with Crippen molar-refractivity contribution in [1.82, 2.24) is 19.6 Å². The molecule has 2 heterocycles. The molecule has 1 amide bonds. The zero-order valence-electron chi connectivity index (χ0n) is 14.5. The normalized spacial score (nSPS) is 15.2. The Kier molecular flexibility index (Phi) is 5.27. The van der Waals surface area contributed by atoms with Crippen LogP contribution in [0.5, 0.6) is 0 Å². The van der Waals surface area contributed by atoms with Crippen LogP contribution in [-0.2, 0) is 13.1 Å². The Morgan fingerprint density at radius 3 is 2.65 bits per heavy atom. The van der Waals surface area contributed by atoms with Gasteiger partial charge in [0.15, 0.2) is 0 Å². The molecular formula is C17H20FN5O3. The van der Waals surface area contributed by atoms with Crippen LogP contribution in [0.3, 0.4) is 0 Å². The summed E-state index contributed by atoms with van der Waals surface area (Å²) < 4.78 is 14.7. The van der Waals surface area contributed by atoms with E-state index in [-0.39, 0.29) is 17.2 Å². The Hall–Kier alpha value is -2.81. The lowest BCUT2D eigenvalue weighted by Crippen LogP contribution is -2.48. The zero-order valence-corrected chi connectivity index (χ0v) is 14.5. The van der Waals surface area contributed by atoms with Crippen molar-refractivity contribution >= 4 is 11.6 Å². The lowest BCUT2D eigenvalue weighted by atomic mass is 10.2. The summed E-state index contributed by atoms with van der Waals surface area (Å²) in [5, 5.41) is 15.2. The molecule has 0 saturated carbocycles. The van der Waals surface area contributed by atoms with Gasteiger partial charge in [-0.05, 0) is 24.6 Å². The summed E-state index contributed by atoms with van der Waals surface area (Å²) in [6, 6.07) is 6.44. The van der Waals surface area contributed by atoms with Gasteiger partial charge in [-0.3, -0.25) is 24.5 Å². The van der Waals surface area contributed by atoms with Crippen LogP contribution in [0.1, 0.15) is 23.0 Å². The third-order valence-electron chi connectivity index (χ3n) is 4.42. The summed E-state index contributed by atoms with van der Waals surface area (Å²) in [6.45, 7) is 4.99. The number of amides is 1. The molecule has 0 unspecified atom stereocenters. The maximum absolute atomic E-state index is 13.3. The molecule has 1 fully saturated rings. The predicted octanol–water partition coefficient (Wildman–Crippen LogP) is 1.91. The summed E-state index contributed by atoms with van der Waals surface area (Å²) in [6.07, 6.45) is 1.29. The number of aromatic nitrogens is 2. The Bertz CT molecular complexity index is 814. The van der Waals surface area contributed by atoms with E-state index in [9.17, 15) is 19.3 Å². The minimum Gasteiger partial charge on any atom is -0.334 e. The maximum atomic E-state index is 13.3. The van der Waals surface area contributed by atoms with Gasteiger partial charge in [-0.2, -0.15) is 5.10 Å². The molecular weight excluding hydrogens is 341 g/mol. The third-order valence-corrected chi connectivity index (χ3v) is 4.42. The second kappa shape index (κ2) is 7.61. The van der Waals surface area contributed by atoms with E-state index < -0.39 is 10.8 Å². The van der Waals surface area contributed by atoms with E-state index >= 15 is 0 Å². The van der Waals surface area contributed by atoms with E-state index in [1.165, 1.54) is 23.0 Å². The van der Waals surface area contributed by atoms with E-state index in [0.717, 1.165) is 5.56 Å². The average molecular weight is 361 g/mol. The molecule has 1 saturated heterocycles. The second-order valence-corrected chi connectivity index (χ2v) is 6.17. The van der Waals surface area contributed by atoms with Gasteiger partial charge in [0.05, 0.1) is 4.92 Å². The molecule has 3 rings (SSSR count). The van der Waals surface area contributed by atoms with Crippen LogP contribution in [0, 0.1) is 15.9 Å². The number of hydrogen-bond donors (Lipinski definition) is 0. The molecule has 0 bridgehead atoms. The summed E-state index contributed by atoms with van der Waals surface area (Å²) in [5.41, 5.74) is 0.497. The van der Waals surface area contributed by atoms with Crippen molar-refractivity contribution < 1.29 is 14.1 Å². The number of piperazine rings is 1. The Morgan fingerprint density at radius 1 is 1.31 bits per heavy atom. The average Bonchev–Trinajstić information content (AvgIpc) is 3.07. The molecule has 1 aliphatic heterocycles. The highest BCUT2D eigenvalue weighted by atomic mass is 19.1. The van der Waals surface area contributed by atoms with E-state index in [1.54, 1.807) is 17.9 Å². The highest BCUT2D eigenvalue weighted by Crippen LogP contribution is 2.20. The fourth-order valence-electron chi connectivity index (χ4n) is 3.01. The molecule has 1 aliphatic rings. The minimum absolute atomic E-state index is 0.115. The maximum Gasteiger partial charge on any atom is 0.320 e. The first kappa shape index (κ1) is 18.0. The largest absolute Gasteiger partial charge is 0.334 e. The van der Waals surface area contributed by atoms with Gasteiger partial charge in [0.2, 0.25) is 5.69 Å². The first-order chi connectivity index (χ1) is 12.5. The number of carbonyl (C=O) groups is 1. The van der Waals surface area contributed by atoms with Crippen LogP contribution in [0.15, 0.2) is 30.5 Å². The lowest BCUT2D eigenvalue weighted by Gasteiger charge is -2.34. The fraction of sp³-hybridized carbons (Fsp3) is 0.412. The van der Waals surface area contributed by atoms with Crippen LogP contribution >= 0.6 is 0 Å². The summed E-state index contributed by atoms with van der Waals surface area (Å²) in [4.78, 5) is 26.9. The molecule has 0 spiro atoms. The van der Waals surface area contributed by atoms with Gasteiger partial charge in [-0.25, -0.2) is 4.39 Å². The van der Waals surface area contributed by atoms with Gasteiger partial charge in [0.25, 0.3) is 5.91 Å². The van der Waals surface area contributed by atoms with Crippen molar-refractivity contribution in [3.8, 4) is 0 Å². The standard InChI is InChI=1S/C17H20FN5O3/c1-2-22-12-15(23(25)26)16(19-22)17(24)21-8-6-20(7-9-21)11-13-4-3-5-14(18)10-13/h3-5,10,12H,2,6-9,11H2,1H3. The molecule has 8 nitrogen and oxygen atoms in total. The van der Waals surface area contributed by atoms with E-state index in [0.29, 0.717) is 39.3 Å². The Morgan fingerprint density at radius 2 is 2.04 bits per heavy atom. The second-order valence-electron chi connectivity index (χ2n) is 6.17. The van der Waals surface area contributed by atoms with Gasteiger partial charge < -0.3 is 4.90 Å². The summed E-state index contributed by atoms with van der Waals surface area (Å²) >= 11 is 0. The van der Waals surface area contributed by atoms with Crippen LogP contribution < -0.4 is 0 Å². The summed E-state index contributed by atoms with van der Waals surface area (Å²) in [5.74, 6) is -0.690. The van der Waals surface area contributed by atoms with E-state index in [4.69, 9.17) is 0 Å². The smallest absolute Gasteiger partial charge is 0.320 e. The van der Waals surface area contributed by atoms with Gasteiger partial charge in [-0.15, -0.1) is 0 Å². The molecule has 0 radical (unpaired) electrons. The number of nitro groups is 1. The van der Waals surface area contributed by atoms with Crippen molar-refractivity contribution in [2.75, 3.05) is 26.2 Å². The lowest BCUT2D eigenvalue weighted by molar-refractivity contribution is -0.385. The Labute approximate surface area is 150 Å². The van der Waals surface area contributed by atoms with Crippen LogP contribution in [0.25, 0.3) is 0 Å². The molecule has 26 heavy (non-hydrogen) atoms. The third kappa shape index (κ3) is 3.88. The topological polar surface area (TPSA) is 84.5 Å². The van der Waals surface area contributed by atoms with Crippen molar-refractivity contribution in [3.05, 3.63) is 57.7 Å². The minimum atomic E-state index is -0.577. The molecule has 1 aromatic carbocycles. The number of halogens is 1. The number of nitrogens with zero attached hydrogens (tertiary/aromatic N) is 5. The molecule has 1 aromatic heterocycles. The number of hydrogen-bond acceptors (Lipinski definition) is 5. The van der Waals surface area contributed by atoms with E-state index in [1.807, 2.05) is 6.07 Å². The SMILES string of the molecule is CCn1cc([N+](=O)[O-])c(C(=O)N2CCN(Cc3cccc(F)c3)CC2)n1. The van der Waals surface area contributed by atoms with Crippen LogP contribution in [-0.4, -0.2) is 56.6 Å². The number of aryl methyl sites for hydroxylation is 1. The van der Waals surface area contributed by atoms with Crippen LogP contribution in [0.2, 0.25) is 0 Å². The molecule has 2 aromatic rings. The molecule has 0 aliphatic carbocycles. The quantitative estimate of drug-likeness (QED) is 0.600. The van der Waals surface area contributed by atoms with Crippen molar-refractivity contribution in [1.29, 1.82) is 0 Å². The van der Waals surface area contributed by atoms with Gasteiger partial charge in [-0.1, -0.05) is 12.1 Å². The number of carbonyl (C=O) groups excluding carboxylic acids is 1. The zero-order chi connectivity index (χ0) is 18.7. The van der Waals surface area contributed by atoms with Gasteiger partial charge >= 0.3 is 5.69 Å². The van der Waals surface area contributed by atoms with Crippen molar-refractivity contribution in [2.45, 2.75) is 20.0 Å². The summed E-state index contributed by atoms with van der Waals surface area (Å²) in [7, 11) is 0. The van der Waals surface area contributed by atoms with E-state index in [2.05, 4.69) is 10.00 Å². The van der Waals surface area contributed by atoms with Crippen molar-refractivity contribution in [2.24, 2.45) is 0 Å². The number of rotatable bonds is 5.